The lowest BCUT2D eigenvalue weighted by Crippen LogP contribution is -2.03. The van der Waals surface area contributed by atoms with E-state index in [1.165, 1.54) is 5.56 Å². The van der Waals surface area contributed by atoms with Crippen molar-refractivity contribution in [3.05, 3.63) is 36.2 Å². The third kappa shape index (κ3) is 2.38. The maximum absolute atomic E-state index is 4.01. The fraction of sp³-hybridized carbons (Fsp3) is 0.300. The summed E-state index contributed by atoms with van der Waals surface area (Å²) >= 11 is 0. The van der Waals surface area contributed by atoms with E-state index in [-0.39, 0.29) is 0 Å². The highest BCUT2D eigenvalue weighted by Crippen LogP contribution is 2.11. The maximum atomic E-state index is 4.01. The molecule has 1 heterocycles. The first-order valence-corrected chi connectivity index (χ1v) is 3.99. The summed E-state index contributed by atoms with van der Waals surface area (Å²) in [5, 5.41) is 3.27. The molecule has 0 aliphatic carbocycles. The molecule has 0 bridgehead atoms. The van der Waals surface area contributed by atoms with Gasteiger partial charge in [0.1, 0.15) is 0 Å². The third-order valence-electron chi connectivity index (χ3n) is 1.60. The minimum Gasteiger partial charge on any atom is -0.381 e. The van der Waals surface area contributed by atoms with Crippen molar-refractivity contribution in [2.24, 2.45) is 0 Å². The van der Waals surface area contributed by atoms with Crippen LogP contribution in [0.4, 0.5) is 5.69 Å². The van der Waals surface area contributed by atoms with Crippen LogP contribution in [-0.4, -0.2) is 11.5 Å². The zero-order valence-electron chi connectivity index (χ0n) is 7.59. The molecule has 0 radical (unpaired) electrons. The van der Waals surface area contributed by atoms with Crippen LogP contribution in [0.1, 0.15) is 12.5 Å². The lowest BCUT2D eigenvalue weighted by molar-refractivity contribution is 1.18. The Balaban J connectivity index is 2.63. The molecule has 0 saturated heterocycles. The first-order chi connectivity index (χ1) is 5.70. The quantitative estimate of drug-likeness (QED) is 0.690. The summed E-state index contributed by atoms with van der Waals surface area (Å²) in [7, 11) is 0. The summed E-state index contributed by atoms with van der Waals surface area (Å²) in [5.41, 5.74) is 3.43. The molecule has 0 aromatic carbocycles. The number of hydrogen-bond acceptors (Lipinski definition) is 2. The van der Waals surface area contributed by atoms with E-state index in [1.807, 2.05) is 26.1 Å². The molecular weight excluding hydrogens is 148 g/mol. The number of aryl methyl sites for hydroxylation is 1. The van der Waals surface area contributed by atoms with Gasteiger partial charge in [0, 0.05) is 24.6 Å². The van der Waals surface area contributed by atoms with Gasteiger partial charge in [0.2, 0.25) is 0 Å². The van der Waals surface area contributed by atoms with Crippen LogP contribution in [0.2, 0.25) is 0 Å². The molecule has 0 saturated carbocycles. The van der Waals surface area contributed by atoms with Crippen LogP contribution in [0.5, 0.6) is 0 Å². The number of rotatable bonds is 3. The fourth-order valence-electron chi connectivity index (χ4n) is 0.918. The molecule has 2 heteroatoms. The van der Waals surface area contributed by atoms with Crippen molar-refractivity contribution in [2.45, 2.75) is 13.8 Å². The molecule has 1 N–H and O–H groups in total. The van der Waals surface area contributed by atoms with Gasteiger partial charge in [-0.3, -0.25) is 4.98 Å². The lowest BCUT2D eigenvalue weighted by Gasteiger charge is -2.07. The molecule has 0 aliphatic rings. The molecule has 0 unspecified atom stereocenters. The molecule has 64 valence electrons. The highest BCUT2D eigenvalue weighted by molar-refractivity contribution is 5.49. The Labute approximate surface area is 73.3 Å². The number of nitrogens with one attached hydrogen (secondary N) is 1. The molecule has 12 heavy (non-hydrogen) atoms. The summed E-state index contributed by atoms with van der Waals surface area (Å²) in [4.78, 5) is 4.01. The van der Waals surface area contributed by atoms with Crippen LogP contribution >= 0.6 is 0 Å². The Hall–Kier alpha value is -1.31. The number of anilines is 1. The zero-order valence-corrected chi connectivity index (χ0v) is 7.59. The van der Waals surface area contributed by atoms with E-state index in [1.54, 1.807) is 6.20 Å². The third-order valence-corrected chi connectivity index (χ3v) is 1.60. The standard InChI is InChI=1S/C10H14N2/c1-8(2)6-12-10-4-5-11-7-9(10)3/h4-5,7H,1,6H2,2-3H3,(H,11,12). The molecule has 0 fully saturated rings. The fourth-order valence-corrected chi connectivity index (χ4v) is 0.918. The zero-order chi connectivity index (χ0) is 8.97. The second kappa shape index (κ2) is 3.90. The van der Waals surface area contributed by atoms with E-state index in [2.05, 4.69) is 16.9 Å². The van der Waals surface area contributed by atoms with E-state index in [4.69, 9.17) is 0 Å². The van der Waals surface area contributed by atoms with Crippen LogP contribution in [0.3, 0.4) is 0 Å². The van der Waals surface area contributed by atoms with Crippen molar-refractivity contribution >= 4 is 5.69 Å². The van der Waals surface area contributed by atoms with E-state index in [9.17, 15) is 0 Å². The Morgan fingerprint density at radius 3 is 3.00 bits per heavy atom. The van der Waals surface area contributed by atoms with Gasteiger partial charge in [-0.15, -0.1) is 0 Å². The highest BCUT2D eigenvalue weighted by Gasteiger charge is 1.94. The van der Waals surface area contributed by atoms with Gasteiger partial charge >= 0.3 is 0 Å². The normalized spacial score (nSPS) is 9.50. The minimum absolute atomic E-state index is 0.824. The van der Waals surface area contributed by atoms with Crippen LogP contribution in [-0.2, 0) is 0 Å². The Bertz CT molecular complexity index is 279. The highest BCUT2D eigenvalue weighted by atomic mass is 14.9. The van der Waals surface area contributed by atoms with Gasteiger partial charge in [-0.2, -0.15) is 0 Å². The number of pyridine rings is 1. The van der Waals surface area contributed by atoms with Crippen molar-refractivity contribution in [1.29, 1.82) is 0 Å². The van der Waals surface area contributed by atoms with Crippen molar-refractivity contribution in [2.75, 3.05) is 11.9 Å². The number of hydrogen-bond donors (Lipinski definition) is 1. The van der Waals surface area contributed by atoms with Crippen LogP contribution in [0, 0.1) is 6.92 Å². The summed E-state index contributed by atoms with van der Waals surface area (Å²) < 4.78 is 0. The Morgan fingerprint density at radius 2 is 2.42 bits per heavy atom. The topological polar surface area (TPSA) is 24.9 Å². The van der Waals surface area contributed by atoms with Crippen molar-refractivity contribution < 1.29 is 0 Å². The van der Waals surface area contributed by atoms with Gasteiger partial charge in [-0.05, 0) is 25.5 Å². The van der Waals surface area contributed by atoms with Gasteiger partial charge in [-0.25, -0.2) is 0 Å². The SMILES string of the molecule is C=C(C)CNc1ccncc1C. The molecule has 0 amide bonds. The van der Waals surface area contributed by atoms with Crippen molar-refractivity contribution in [3.8, 4) is 0 Å². The number of aromatic nitrogens is 1. The molecular formula is C10H14N2. The predicted molar refractivity (Wildman–Crippen MR) is 52.3 cm³/mol. The van der Waals surface area contributed by atoms with Crippen LogP contribution < -0.4 is 5.32 Å². The monoisotopic (exact) mass is 162 g/mol. The lowest BCUT2D eigenvalue weighted by atomic mass is 10.2. The van der Waals surface area contributed by atoms with E-state index in [0.29, 0.717) is 0 Å². The Morgan fingerprint density at radius 1 is 1.67 bits per heavy atom. The Kier molecular flexibility index (Phi) is 2.86. The van der Waals surface area contributed by atoms with Gasteiger partial charge in [0.15, 0.2) is 0 Å². The van der Waals surface area contributed by atoms with Gasteiger partial charge < -0.3 is 5.32 Å². The van der Waals surface area contributed by atoms with Gasteiger partial charge in [0.25, 0.3) is 0 Å². The molecule has 2 nitrogen and oxygen atoms in total. The largest absolute Gasteiger partial charge is 0.381 e. The van der Waals surface area contributed by atoms with E-state index >= 15 is 0 Å². The van der Waals surface area contributed by atoms with E-state index < -0.39 is 0 Å². The van der Waals surface area contributed by atoms with Crippen molar-refractivity contribution in [1.82, 2.24) is 4.98 Å². The molecule has 0 aliphatic heterocycles. The molecule has 0 atom stereocenters. The average Bonchev–Trinajstić information content (AvgIpc) is 2.03. The predicted octanol–water partition coefficient (Wildman–Crippen LogP) is 2.38. The first-order valence-electron chi connectivity index (χ1n) is 3.99. The minimum atomic E-state index is 0.824. The summed E-state index contributed by atoms with van der Waals surface area (Å²) in [5.74, 6) is 0. The second-order valence-electron chi connectivity index (χ2n) is 3.00. The van der Waals surface area contributed by atoms with Gasteiger partial charge in [-0.1, -0.05) is 12.2 Å². The van der Waals surface area contributed by atoms with Gasteiger partial charge in [0.05, 0.1) is 0 Å². The average molecular weight is 162 g/mol. The van der Waals surface area contributed by atoms with Crippen LogP contribution in [0.25, 0.3) is 0 Å². The smallest absolute Gasteiger partial charge is 0.0403 e. The summed E-state index contributed by atoms with van der Waals surface area (Å²) in [6.45, 7) is 8.68. The summed E-state index contributed by atoms with van der Waals surface area (Å²) in [6.07, 6.45) is 3.63. The second-order valence-corrected chi connectivity index (χ2v) is 3.00. The van der Waals surface area contributed by atoms with Crippen LogP contribution in [0.15, 0.2) is 30.6 Å². The summed E-state index contributed by atoms with van der Waals surface area (Å²) in [6, 6.07) is 1.97. The molecule has 1 aromatic heterocycles. The van der Waals surface area contributed by atoms with Crippen molar-refractivity contribution in [3.63, 3.8) is 0 Å². The first kappa shape index (κ1) is 8.78. The number of nitrogens with zero attached hydrogens (tertiary/aromatic N) is 1. The molecule has 1 rings (SSSR count). The van der Waals surface area contributed by atoms with E-state index in [0.717, 1.165) is 17.8 Å². The molecule has 1 aromatic rings. The maximum Gasteiger partial charge on any atom is 0.0403 e. The molecule has 0 spiro atoms.